The van der Waals surface area contributed by atoms with Crippen LogP contribution in [0, 0.1) is 0 Å². The van der Waals surface area contributed by atoms with E-state index in [-0.39, 0.29) is 30.2 Å². The number of hydrogen-bond acceptors (Lipinski definition) is 5. The predicted octanol–water partition coefficient (Wildman–Crippen LogP) is 9.07. The van der Waals surface area contributed by atoms with Gasteiger partial charge in [-0.3, -0.25) is 0 Å². The zero-order valence-electron chi connectivity index (χ0n) is 25.3. The van der Waals surface area contributed by atoms with Crippen LogP contribution in [0.3, 0.4) is 0 Å². The Bertz CT molecular complexity index is 1410. The van der Waals surface area contributed by atoms with Gasteiger partial charge in [-0.05, 0) is 91.7 Å². The molecule has 0 spiro atoms. The quantitative estimate of drug-likeness (QED) is 0.230. The van der Waals surface area contributed by atoms with E-state index >= 15 is 0 Å². The molecule has 1 unspecified atom stereocenters. The molecule has 0 bridgehead atoms. The lowest BCUT2D eigenvalue weighted by Gasteiger charge is -2.48. The molecule has 1 fully saturated rings. The Kier molecular flexibility index (Phi) is 10.4. The van der Waals surface area contributed by atoms with E-state index in [2.05, 4.69) is 25.9 Å². The van der Waals surface area contributed by atoms with Crippen LogP contribution in [0.1, 0.15) is 69.2 Å². The van der Waals surface area contributed by atoms with Crippen LogP contribution in [0.5, 0.6) is 0 Å². The van der Waals surface area contributed by atoms with Crippen LogP contribution in [-0.2, 0) is 30.1 Å². The molecule has 1 aliphatic rings. The smallest absolute Gasteiger partial charge is 0.416 e. The summed E-state index contributed by atoms with van der Waals surface area (Å²) in [7, 11) is 0. The number of hydrogen-bond donors (Lipinski definition) is 0. The van der Waals surface area contributed by atoms with Crippen LogP contribution in [-0.4, -0.2) is 44.7 Å². The SMILES string of the molecule is CCC1C[C@H](N(Cc2cc(C(F)(F)F)cc(C(F)(F)F)c2)c2ncc(Br)cn2)C[C@H](Cc2ccccc2)N1C(=O)OC(C)(C)C. The molecule has 2 aromatic carbocycles. The van der Waals surface area contributed by atoms with E-state index in [0.717, 1.165) is 17.7 Å². The van der Waals surface area contributed by atoms with Crippen LogP contribution in [0.15, 0.2) is 65.4 Å². The fraction of sp³-hybridized carbons (Fsp3) is 0.469. The molecule has 6 nitrogen and oxygen atoms in total. The number of nitrogens with zero attached hydrogens (tertiary/aromatic N) is 4. The first kappa shape index (κ1) is 34.5. The zero-order chi connectivity index (χ0) is 33.2. The van der Waals surface area contributed by atoms with Gasteiger partial charge in [-0.25, -0.2) is 14.8 Å². The third-order valence-electron chi connectivity index (χ3n) is 7.57. The Labute approximate surface area is 266 Å². The van der Waals surface area contributed by atoms with Crippen molar-refractivity contribution in [1.29, 1.82) is 0 Å². The van der Waals surface area contributed by atoms with Crippen molar-refractivity contribution >= 4 is 28.0 Å². The number of amides is 1. The number of aromatic nitrogens is 2. The van der Waals surface area contributed by atoms with Crippen molar-refractivity contribution in [3.05, 3.63) is 87.7 Å². The minimum atomic E-state index is -4.98. The van der Waals surface area contributed by atoms with E-state index in [1.165, 1.54) is 12.4 Å². The number of ether oxygens (including phenoxy) is 1. The standard InChI is InChI=1S/C32H35BrF6N4O2/c1-5-25-15-26(16-27(13-20-9-7-6-8-10-20)43(25)29(44)45-30(2,3)4)42(28-40-17-24(33)18-41-28)19-21-11-22(31(34,35)36)14-23(12-21)32(37,38)39/h6-12,14,17-18,25-27H,5,13,15-16,19H2,1-4H3/t25?,26-,27-/m0/s1. The average molecular weight is 702 g/mol. The van der Waals surface area contributed by atoms with Gasteiger partial charge in [-0.2, -0.15) is 26.3 Å². The molecule has 1 saturated heterocycles. The summed E-state index contributed by atoms with van der Waals surface area (Å²) in [6, 6.07) is 9.95. The van der Waals surface area contributed by atoms with E-state index in [1.807, 2.05) is 37.3 Å². The molecular formula is C32H35BrF6N4O2. The topological polar surface area (TPSA) is 58.6 Å². The van der Waals surface area contributed by atoms with Crippen molar-refractivity contribution in [2.75, 3.05) is 4.90 Å². The van der Waals surface area contributed by atoms with Crippen LogP contribution >= 0.6 is 15.9 Å². The molecule has 0 saturated carbocycles. The fourth-order valence-corrected chi connectivity index (χ4v) is 5.88. The molecule has 4 rings (SSSR count). The highest BCUT2D eigenvalue weighted by Crippen LogP contribution is 2.38. The van der Waals surface area contributed by atoms with Crippen molar-refractivity contribution in [2.45, 2.75) is 96.0 Å². The normalized spacial score (nSPS) is 19.4. The summed E-state index contributed by atoms with van der Waals surface area (Å²) in [5.41, 5.74) is -2.76. The average Bonchev–Trinajstić information content (AvgIpc) is 2.94. The van der Waals surface area contributed by atoms with E-state index in [4.69, 9.17) is 4.74 Å². The minimum Gasteiger partial charge on any atom is -0.444 e. The highest BCUT2D eigenvalue weighted by Gasteiger charge is 2.43. The van der Waals surface area contributed by atoms with Gasteiger partial charge >= 0.3 is 18.4 Å². The number of piperidine rings is 1. The van der Waals surface area contributed by atoms with Gasteiger partial charge in [0.05, 0.1) is 15.6 Å². The second kappa shape index (κ2) is 13.6. The number of anilines is 1. The van der Waals surface area contributed by atoms with Gasteiger partial charge in [-0.15, -0.1) is 0 Å². The number of carbonyl (C=O) groups excluding carboxylic acids is 1. The molecule has 13 heteroatoms. The number of alkyl halides is 6. The van der Waals surface area contributed by atoms with Crippen LogP contribution < -0.4 is 4.90 Å². The Morgan fingerprint density at radius 1 is 0.911 bits per heavy atom. The second-order valence-corrected chi connectivity index (χ2v) is 13.1. The number of carbonyl (C=O) groups is 1. The summed E-state index contributed by atoms with van der Waals surface area (Å²) in [5, 5.41) is 0. The van der Waals surface area contributed by atoms with Crippen LogP contribution in [0.25, 0.3) is 0 Å². The summed E-state index contributed by atoms with van der Waals surface area (Å²) in [6.07, 6.45) is -5.80. The monoisotopic (exact) mass is 700 g/mol. The first-order valence-corrected chi connectivity index (χ1v) is 15.3. The fourth-order valence-electron chi connectivity index (χ4n) is 5.67. The summed E-state index contributed by atoms with van der Waals surface area (Å²) < 4.78 is 88.7. The van der Waals surface area contributed by atoms with Gasteiger partial charge in [0.25, 0.3) is 0 Å². The van der Waals surface area contributed by atoms with E-state index in [9.17, 15) is 31.1 Å². The molecular weight excluding hydrogens is 666 g/mol. The zero-order valence-corrected chi connectivity index (χ0v) is 26.9. The molecule has 0 aliphatic carbocycles. The van der Waals surface area contributed by atoms with Crippen molar-refractivity contribution in [1.82, 2.24) is 14.9 Å². The second-order valence-electron chi connectivity index (χ2n) is 12.2. The molecule has 0 radical (unpaired) electrons. The van der Waals surface area contributed by atoms with Crippen molar-refractivity contribution in [3.8, 4) is 0 Å². The molecule has 1 aliphatic heterocycles. The van der Waals surface area contributed by atoms with Crippen molar-refractivity contribution in [2.24, 2.45) is 0 Å². The van der Waals surface area contributed by atoms with E-state index < -0.39 is 47.3 Å². The molecule has 3 aromatic rings. The van der Waals surface area contributed by atoms with Crippen molar-refractivity contribution in [3.63, 3.8) is 0 Å². The maximum Gasteiger partial charge on any atom is 0.416 e. The first-order chi connectivity index (χ1) is 20.9. The molecule has 0 N–H and O–H groups in total. The van der Waals surface area contributed by atoms with Crippen LogP contribution in [0.2, 0.25) is 0 Å². The van der Waals surface area contributed by atoms with Gasteiger partial charge in [0.2, 0.25) is 5.95 Å². The molecule has 1 amide bonds. The highest BCUT2D eigenvalue weighted by atomic mass is 79.9. The lowest BCUT2D eigenvalue weighted by Crippen LogP contribution is -2.58. The lowest BCUT2D eigenvalue weighted by atomic mass is 9.86. The minimum absolute atomic E-state index is 0.117. The third-order valence-corrected chi connectivity index (χ3v) is 7.98. The molecule has 2 heterocycles. The van der Waals surface area contributed by atoms with Gasteiger partial charge < -0.3 is 14.5 Å². The summed E-state index contributed by atoms with van der Waals surface area (Å²) in [4.78, 5) is 25.7. The third kappa shape index (κ3) is 9.11. The molecule has 3 atom stereocenters. The maximum atomic E-state index is 13.7. The summed E-state index contributed by atoms with van der Waals surface area (Å²) in [5.74, 6) is 0.146. The Morgan fingerprint density at radius 2 is 1.47 bits per heavy atom. The largest absolute Gasteiger partial charge is 0.444 e. The molecule has 1 aromatic heterocycles. The summed E-state index contributed by atoms with van der Waals surface area (Å²) >= 11 is 3.28. The van der Waals surface area contributed by atoms with Crippen LogP contribution in [0.4, 0.5) is 37.1 Å². The van der Waals surface area contributed by atoms with Gasteiger partial charge in [-0.1, -0.05) is 37.3 Å². The lowest BCUT2D eigenvalue weighted by molar-refractivity contribution is -0.143. The van der Waals surface area contributed by atoms with Gasteiger partial charge in [0, 0.05) is 37.1 Å². The predicted molar refractivity (Wildman–Crippen MR) is 161 cm³/mol. The first-order valence-electron chi connectivity index (χ1n) is 14.5. The van der Waals surface area contributed by atoms with Gasteiger partial charge in [0.15, 0.2) is 0 Å². The maximum absolute atomic E-state index is 13.7. The number of rotatable bonds is 7. The molecule has 244 valence electrons. The van der Waals surface area contributed by atoms with Gasteiger partial charge in [0.1, 0.15) is 5.60 Å². The Balaban J connectivity index is 1.79. The summed E-state index contributed by atoms with van der Waals surface area (Å²) in [6.45, 7) is 6.94. The van der Waals surface area contributed by atoms with E-state index in [1.54, 1.807) is 30.6 Å². The number of halogens is 7. The molecule has 45 heavy (non-hydrogen) atoms. The number of benzene rings is 2. The Hall–Kier alpha value is -3.35. The van der Waals surface area contributed by atoms with Crippen molar-refractivity contribution < 1.29 is 35.9 Å². The Morgan fingerprint density at radius 3 is 1.98 bits per heavy atom. The highest BCUT2D eigenvalue weighted by molar-refractivity contribution is 9.10. The van der Waals surface area contributed by atoms with E-state index in [0.29, 0.717) is 30.2 Å². The number of likely N-dealkylation sites (tertiary alicyclic amines) is 1.